The fourth-order valence-electron chi connectivity index (χ4n) is 3.26. The molecule has 0 fully saturated rings. The van der Waals surface area contributed by atoms with Crippen LogP contribution in [0.15, 0.2) is 57.8 Å². The molecule has 0 aliphatic rings. The second-order valence-electron chi connectivity index (χ2n) is 6.95. The van der Waals surface area contributed by atoms with Gasteiger partial charge in [0.15, 0.2) is 0 Å². The van der Waals surface area contributed by atoms with E-state index in [2.05, 4.69) is 31.2 Å². The Hall–Kier alpha value is -3.00. The van der Waals surface area contributed by atoms with Crippen LogP contribution in [0.1, 0.15) is 37.7 Å². The lowest BCUT2D eigenvalue weighted by atomic mass is 10.0. The first-order valence-corrected chi connectivity index (χ1v) is 10.4. The number of H-pyrrole nitrogens is 1. The third kappa shape index (κ3) is 5.33. The molecule has 0 spiro atoms. The highest BCUT2D eigenvalue weighted by molar-refractivity contribution is 9.10. The Balaban J connectivity index is 1.79. The molecule has 3 rings (SSSR count). The molecule has 0 aliphatic heterocycles. The van der Waals surface area contributed by atoms with Crippen LogP contribution in [0.2, 0.25) is 0 Å². The second-order valence-corrected chi connectivity index (χ2v) is 7.86. The fraction of sp³-hybridized carbons (Fsp3) is 0.273. The van der Waals surface area contributed by atoms with Crippen molar-refractivity contribution in [1.82, 2.24) is 20.2 Å². The number of amides is 2. The molecule has 0 saturated carbocycles. The molecule has 0 aliphatic carbocycles. The first kappa shape index (κ1) is 21.7. The van der Waals surface area contributed by atoms with Crippen molar-refractivity contribution < 1.29 is 9.59 Å². The van der Waals surface area contributed by atoms with Gasteiger partial charge in [0.2, 0.25) is 11.8 Å². The van der Waals surface area contributed by atoms with Crippen LogP contribution in [0.3, 0.4) is 0 Å². The van der Waals surface area contributed by atoms with Crippen LogP contribution in [-0.4, -0.2) is 33.2 Å². The van der Waals surface area contributed by atoms with Gasteiger partial charge in [-0.3, -0.25) is 14.4 Å². The number of aromatic nitrogens is 2. The maximum absolute atomic E-state index is 13.0. The van der Waals surface area contributed by atoms with E-state index in [1.165, 1.54) is 6.92 Å². The molecule has 30 heavy (non-hydrogen) atoms. The maximum Gasteiger partial charge on any atom is 0.258 e. The zero-order valence-electron chi connectivity index (χ0n) is 16.8. The van der Waals surface area contributed by atoms with Crippen molar-refractivity contribution in [2.24, 2.45) is 0 Å². The summed E-state index contributed by atoms with van der Waals surface area (Å²) in [5.41, 5.74) is 1.20. The molecule has 0 saturated heterocycles. The van der Waals surface area contributed by atoms with Gasteiger partial charge in [-0.05, 0) is 36.8 Å². The standard InChI is InChI=1S/C22H23BrN4O3/c1-3-27(13-20-25-18-7-5-4-6-17(18)22(30)26-20)21(29)12-19(24-14(2)28)15-8-10-16(23)11-9-15/h4-11,19H,3,12-13H2,1-2H3,(H,24,28)(H,25,26,30). The van der Waals surface area contributed by atoms with Crippen LogP contribution in [-0.2, 0) is 16.1 Å². The molecule has 0 radical (unpaired) electrons. The van der Waals surface area contributed by atoms with Gasteiger partial charge in [-0.1, -0.05) is 40.2 Å². The molecule has 1 unspecified atom stereocenters. The summed E-state index contributed by atoms with van der Waals surface area (Å²) in [5, 5.41) is 3.36. The van der Waals surface area contributed by atoms with Gasteiger partial charge in [-0.15, -0.1) is 0 Å². The van der Waals surface area contributed by atoms with Gasteiger partial charge in [0.1, 0.15) is 5.82 Å². The monoisotopic (exact) mass is 470 g/mol. The molecule has 0 bridgehead atoms. The summed E-state index contributed by atoms with van der Waals surface area (Å²) in [6, 6.07) is 14.1. The Kier molecular flexibility index (Phi) is 6.99. The predicted molar refractivity (Wildman–Crippen MR) is 119 cm³/mol. The molecular formula is C22H23BrN4O3. The molecule has 156 valence electrons. The predicted octanol–water partition coefficient (Wildman–Crippen LogP) is 3.30. The minimum absolute atomic E-state index is 0.104. The largest absolute Gasteiger partial charge is 0.349 e. The number of aromatic amines is 1. The van der Waals surface area contributed by atoms with Gasteiger partial charge < -0.3 is 15.2 Å². The Bertz CT molecular complexity index is 1110. The summed E-state index contributed by atoms with van der Waals surface area (Å²) in [4.78, 5) is 45.8. The normalized spacial score (nSPS) is 11.8. The Morgan fingerprint density at radius 3 is 2.53 bits per heavy atom. The van der Waals surface area contributed by atoms with Crippen LogP contribution in [0, 0.1) is 0 Å². The summed E-state index contributed by atoms with van der Waals surface area (Å²) in [7, 11) is 0. The van der Waals surface area contributed by atoms with Gasteiger partial charge in [0.25, 0.3) is 5.56 Å². The van der Waals surface area contributed by atoms with Crippen molar-refractivity contribution >= 4 is 38.6 Å². The average molecular weight is 471 g/mol. The zero-order chi connectivity index (χ0) is 21.7. The van der Waals surface area contributed by atoms with E-state index in [-0.39, 0.29) is 30.3 Å². The topological polar surface area (TPSA) is 95.2 Å². The number of para-hydroxylation sites is 1. The SMILES string of the molecule is CCN(Cc1nc2ccccc2c(=O)[nH]1)C(=O)CC(NC(C)=O)c1ccc(Br)cc1. The van der Waals surface area contributed by atoms with Gasteiger partial charge in [-0.2, -0.15) is 0 Å². The average Bonchev–Trinajstić information content (AvgIpc) is 2.71. The van der Waals surface area contributed by atoms with E-state index in [4.69, 9.17) is 0 Å². The van der Waals surface area contributed by atoms with Gasteiger partial charge in [0, 0.05) is 17.9 Å². The van der Waals surface area contributed by atoms with Crippen molar-refractivity contribution in [2.45, 2.75) is 32.9 Å². The zero-order valence-corrected chi connectivity index (χ0v) is 18.4. The number of hydrogen-bond donors (Lipinski definition) is 2. The van der Waals surface area contributed by atoms with E-state index in [9.17, 15) is 14.4 Å². The van der Waals surface area contributed by atoms with E-state index in [0.29, 0.717) is 23.3 Å². The fourth-order valence-corrected chi connectivity index (χ4v) is 3.53. The lowest BCUT2D eigenvalue weighted by Gasteiger charge is -2.24. The van der Waals surface area contributed by atoms with Crippen molar-refractivity contribution in [3.8, 4) is 0 Å². The highest BCUT2D eigenvalue weighted by Gasteiger charge is 2.21. The van der Waals surface area contributed by atoms with Gasteiger partial charge in [-0.25, -0.2) is 4.98 Å². The molecular weight excluding hydrogens is 448 g/mol. The van der Waals surface area contributed by atoms with Crippen LogP contribution < -0.4 is 10.9 Å². The summed E-state index contributed by atoms with van der Waals surface area (Å²) < 4.78 is 0.917. The number of benzene rings is 2. The second kappa shape index (κ2) is 9.67. The van der Waals surface area contributed by atoms with Crippen LogP contribution in [0.4, 0.5) is 0 Å². The van der Waals surface area contributed by atoms with E-state index in [0.717, 1.165) is 10.0 Å². The van der Waals surface area contributed by atoms with Gasteiger partial charge in [0.05, 0.1) is 29.9 Å². The maximum atomic E-state index is 13.0. The van der Waals surface area contributed by atoms with Crippen molar-refractivity contribution in [3.63, 3.8) is 0 Å². The summed E-state index contributed by atoms with van der Waals surface area (Å²) >= 11 is 3.39. The van der Waals surface area contributed by atoms with Crippen LogP contribution in [0.25, 0.3) is 10.9 Å². The molecule has 1 aromatic heterocycles. The molecule has 3 aromatic rings. The molecule has 2 N–H and O–H groups in total. The first-order chi connectivity index (χ1) is 14.4. The number of rotatable bonds is 7. The number of nitrogens with one attached hydrogen (secondary N) is 2. The van der Waals surface area contributed by atoms with E-state index < -0.39 is 6.04 Å². The van der Waals surface area contributed by atoms with E-state index in [1.54, 1.807) is 23.1 Å². The number of carbonyl (C=O) groups excluding carboxylic acids is 2. The van der Waals surface area contributed by atoms with Gasteiger partial charge >= 0.3 is 0 Å². The molecule has 1 atom stereocenters. The number of hydrogen-bond acceptors (Lipinski definition) is 4. The summed E-state index contributed by atoms with van der Waals surface area (Å²) in [6.45, 7) is 3.92. The highest BCUT2D eigenvalue weighted by Crippen LogP contribution is 2.21. The number of carbonyl (C=O) groups is 2. The Morgan fingerprint density at radius 2 is 1.87 bits per heavy atom. The lowest BCUT2D eigenvalue weighted by molar-refractivity contribution is -0.132. The minimum Gasteiger partial charge on any atom is -0.349 e. The highest BCUT2D eigenvalue weighted by atomic mass is 79.9. The third-order valence-corrected chi connectivity index (χ3v) is 5.29. The quantitative estimate of drug-likeness (QED) is 0.553. The smallest absolute Gasteiger partial charge is 0.258 e. The Labute approximate surface area is 182 Å². The van der Waals surface area contributed by atoms with E-state index >= 15 is 0 Å². The molecule has 7 nitrogen and oxygen atoms in total. The Morgan fingerprint density at radius 1 is 1.17 bits per heavy atom. The lowest BCUT2D eigenvalue weighted by Crippen LogP contribution is -2.36. The van der Waals surface area contributed by atoms with Crippen LogP contribution in [0.5, 0.6) is 0 Å². The molecule has 1 heterocycles. The first-order valence-electron chi connectivity index (χ1n) is 9.65. The third-order valence-electron chi connectivity index (χ3n) is 4.77. The van der Waals surface area contributed by atoms with E-state index in [1.807, 2.05) is 37.3 Å². The minimum atomic E-state index is -0.444. The van der Waals surface area contributed by atoms with Crippen LogP contribution >= 0.6 is 15.9 Å². The summed E-state index contributed by atoms with van der Waals surface area (Å²) in [6.07, 6.45) is 0.104. The van der Waals surface area contributed by atoms with Crippen molar-refractivity contribution in [2.75, 3.05) is 6.54 Å². The number of nitrogens with zero attached hydrogens (tertiary/aromatic N) is 2. The van der Waals surface area contributed by atoms with Crippen molar-refractivity contribution in [3.05, 3.63) is 74.7 Å². The number of fused-ring (bicyclic) bond motifs is 1. The molecule has 2 aromatic carbocycles. The molecule has 8 heteroatoms. The number of halogens is 1. The summed E-state index contributed by atoms with van der Waals surface area (Å²) in [5.74, 6) is 0.0721. The molecule has 2 amide bonds. The van der Waals surface area contributed by atoms with Crippen molar-refractivity contribution in [1.29, 1.82) is 0 Å².